The zero-order valence-corrected chi connectivity index (χ0v) is 45.6. The van der Waals surface area contributed by atoms with E-state index >= 15 is 0 Å². The first-order valence-electron chi connectivity index (χ1n) is 22.7. The van der Waals surface area contributed by atoms with Gasteiger partial charge < -0.3 is 14.6 Å². The highest BCUT2D eigenvalue weighted by Gasteiger charge is 2.22. The lowest BCUT2D eigenvalue weighted by Gasteiger charge is -2.21. The molecular weight excluding hydrogens is 1020 g/mol. The van der Waals surface area contributed by atoms with Crippen LogP contribution in [0.4, 0.5) is 0 Å². The number of aryl methyl sites for hydroxylation is 4. The summed E-state index contributed by atoms with van der Waals surface area (Å²) in [5, 5.41) is 17.7. The molecule has 0 radical (unpaired) electrons. The summed E-state index contributed by atoms with van der Waals surface area (Å²) in [4.78, 5) is 25.0. The van der Waals surface area contributed by atoms with Crippen LogP contribution in [0.5, 0.6) is 11.5 Å². The molecule has 0 bridgehead atoms. The van der Waals surface area contributed by atoms with Crippen LogP contribution in [0.1, 0.15) is 109 Å². The Hall–Kier alpha value is -5.07. The largest absolute Gasteiger partial charge is 0.485 e. The van der Waals surface area contributed by atoms with Gasteiger partial charge in [0.1, 0.15) is 13.2 Å². The molecule has 72 heavy (non-hydrogen) atoms. The van der Waals surface area contributed by atoms with E-state index in [-0.39, 0.29) is 57.0 Å². The summed E-state index contributed by atoms with van der Waals surface area (Å²) in [5.74, 6) is 0.521. The van der Waals surface area contributed by atoms with E-state index in [0.717, 1.165) is 46.2 Å². The lowest BCUT2D eigenvalue weighted by Crippen LogP contribution is -2.36. The molecule has 0 fully saturated rings. The highest BCUT2D eigenvalue weighted by Crippen LogP contribution is 2.24. The summed E-state index contributed by atoms with van der Waals surface area (Å²) < 4.78 is 65.7. The van der Waals surface area contributed by atoms with Crippen molar-refractivity contribution in [1.82, 2.24) is 19.6 Å². The molecule has 14 nitrogen and oxygen atoms in total. The summed E-state index contributed by atoms with van der Waals surface area (Å²) in [6, 6.07) is 28.7. The lowest BCUT2D eigenvalue weighted by atomic mass is 10.1. The van der Waals surface area contributed by atoms with E-state index in [9.17, 15) is 31.5 Å². The third kappa shape index (κ3) is 19.1. The second-order valence-corrected chi connectivity index (χ2v) is 23.9. The van der Waals surface area contributed by atoms with Gasteiger partial charge in [-0.15, -0.1) is 0 Å². The summed E-state index contributed by atoms with van der Waals surface area (Å²) in [6.07, 6.45) is 4.95. The molecule has 392 valence electrons. The minimum atomic E-state index is -3.79. The van der Waals surface area contributed by atoms with Crippen LogP contribution in [0, 0.1) is 13.8 Å². The number of hydrogen-bond donors (Lipinski definition) is 1. The number of ether oxygens (including phenoxy) is 2. The van der Waals surface area contributed by atoms with Gasteiger partial charge in [0.2, 0.25) is 0 Å². The maximum absolute atomic E-state index is 12.4. The molecule has 2 aromatic heterocycles. The van der Waals surface area contributed by atoms with Crippen molar-refractivity contribution in [1.29, 1.82) is 0 Å². The van der Waals surface area contributed by atoms with Crippen molar-refractivity contribution in [3.05, 3.63) is 174 Å². The third-order valence-corrected chi connectivity index (χ3v) is 14.0. The topological polar surface area (TPSA) is 186 Å². The fourth-order valence-electron chi connectivity index (χ4n) is 6.39. The van der Waals surface area contributed by atoms with Gasteiger partial charge in [-0.05, 0) is 141 Å². The van der Waals surface area contributed by atoms with Crippen LogP contribution in [0.15, 0.2) is 129 Å². The molecule has 0 aliphatic rings. The van der Waals surface area contributed by atoms with E-state index in [1.54, 1.807) is 50.2 Å². The monoisotopic (exact) mass is 1090 g/mol. The number of halogens is 3. The van der Waals surface area contributed by atoms with Gasteiger partial charge in [0, 0.05) is 10.7 Å². The molecule has 0 amide bonds. The van der Waals surface area contributed by atoms with E-state index < -0.39 is 41.9 Å². The summed E-state index contributed by atoms with van der Waals surface area (Å²) >= 11 is 12.4. The molecule has 2 heterocycles. The highest BCUT2D eigenvalue weighted by atomic mass is 35.7. The third-order valence-electron chi connectivity index (χ3n) is 10.5. The Balaban J connectivity index is 0.000000321. The number of rotatable bonds is 16. The summed E-state index contributed by atoms with van der Waals surface area (Å²) in [5.41, 5.74) is 4.39. The Morgan fingerprint density at radius 1 is 0.583 bits per heavy atom. The van der Waals surface area contributed by atoms with Crippen molar-refractivity contribution in [3.8, 4) is 11.5 Å². The Labute approximate surface area is 439 Å². The van der Waals surface area contributed by atoms with E-state index in [4.69, 9.17) is 47.5 Å². The second-order valence-electron chi connectivity index (χ2n) is 19.0. The molecule has 19 heteroatoms. The fourth-order valence-corrected chi connectivity index (χ4v) is 8.64. The second kappa shape index (κ2) is 26.8. The van der Waals surface area contributed by atoms with Gasteiger partial charge in [0.15, 0.2) is 21.5 Å². The van der Waals surface area contributed by atoms with Crippen LogP contribution >= 0.6 is 33.9 Å². The quantitative estimate of drug-likeness (QED) is 0.0715. The van der Waals surface area contributed by atoms with E-state index in [1.807, 2.05) is 104 Å². The number of benzene rings is 4. The first-order valence-corrected chi connectivity index (χ1v) is 27.2. The van der Waals surface area contributed by atoms with Gasteiger partial charge in [-0.3, -0.25) is 13.8 Å². The number of aliphatic hydroxyl groups is 1. The zero-order chi connectivity index (χ0) is 52.9. The standard InChI is InChI=1S/C26H31ClN2O5S.C19H25ClN2O3.C7H7ClO2S.CH4/c1-18-6-14-22(15-7-18)35(31,32)34-19(2)8-9-20-10-12-21(13-11-20)17-33-23-16-28-29(26(3,4)5)25(30)24(23)27;1-13(23)5-6-14-7-9-15(10-8-14)12-25-16-11-21-22(19(2,3)4)18(24)17(16)20;1-6-2-4-7(5-3-6)11(8,9)10;/h6-7,10-16,19H,8-9,17H2,1-5H3;7-11,13,23H,5-6,12H2,1-4H3;2-5H,1H3;1H4. The van der Waals surface area contributed by atoms with Gasteiger partial charge in [0.25, 0.3) is 30.3 Å². The Morgan fingerprint density at radius 3 is 1.28 bits per heavy atom. The predicted molar refractivity (Wildman–Crippen MR) is 287 cm³/mol. The minimum Gasteiger partial charge on any atom is -0.485 e. The average molecular weight is 1090 g/mol. The maximum Gasteiger partial charge on any atom is 0.297 e. The molecule has 0 saturated carbocycles. The molecule has 0 aliphatic heterocycles. The summed E-state index contributed by atoms with van der Waals surface area (Å²) in [6.45, 7) is 19.1. The average Bonchev–Trinajstić information content (AvgIpc) is 3.28. The van der Waals surface area contributed by atoms with Crippen LogP contribution in [0.3, 0.4) is 0 Å². The first kappa shape index (κ1) is 61.2. The van der Waals surface area contributed by atoms with Crippen molar-refractivity contribution >= 4 is 53.1 Å². The van der Waals surface area contributed by atoms with E-state index in [1.165, 1.54) is 33.9 Å². The van der Waals surface area contributed by atoms with Crippen LogP contribution in [0.25, 0.3) is 0 Å². The number of aliphatic hydroxyl groups excluding tert-OH is 1. The smallest absolute Gasteiger partial charge is 0.297 e. The number of hydrogen-bond acceptors (Lipinski definition) is 12. The number of nitrogens with zero attached hydrogens (tertiary/aromatic N) is 4. The van der Waals surface area contributed by atoms with Crippen LogP contribution in [0.2, 0.25) is 10.0 Å². The Kier molecular flexibility index (Phi) is 22.8. The molecule has 1 N–H and O–H groups in total. The maximum atomic E-state index is 12.4. The first-order chi connectivity index (χ1) is 33.0. The zero-order valence-electron chi connectivity index (χ0n) is 41.7. The van der Waals surface area contributed by atoms with Crippen molar-refractivity contribution < 1.29 is 35.6 Å². The molecule has 2 unspecified atom stereocenters. The highest BCUT2D eigenvalue weighted by molar-refractivity contribution is 8.13. The molecule has 0 saturated heterocycles. The number of aromatic nitrogens is 4. The summed E-state index contributed by atoms with van der Waals surface area (Å²) in [7, 11) is -2.26. The van der Waals surface area contributed by atoms with Gasteiger partial charge >= 0.3 is 0 Å². The van der Waals surface area contributed by atoms with Crippen molar-refractivity contribution in [2.24, 2.45) is 0 Å². The molecule has 2 atom stereocenters. The van der Waals surface area contributed by atoms with Gasteiger partial charge in [-0.1, -0.05) is 115 Å². The Morgan fingerprint density at radius 2 is 0.931 bits per heavy atom. The van der Waals surface area contributed by atoms with Crippen LogP contribution in [-0.4, -0.2) is 53.7 Å². The molecule has 4 aromatic carbocycles. The van der Waals surface area contributed by atoms with Gasteiger partial charge in [0.05, 0.1) is 45.5 Å². The van der Waals surface area contributed by atoms with Crippen LogP contribution < -0.4 is 20.6 Å². The minimum absolute atomic E-state index is 0. The predicted octanol–water partition coefficient (Wildman–Crippen LogP) is 11.4. The van der Waals surface area contributed by atoms with Crippen molar-refractivity contribution in [2.75, 3.05) is 0 Å². The van der Waals surface area contributed by atoms with Gasteiger partial charge in [-0.25, -0.2) is 17.8 Å². The normalized spacial score (nSPS) is 12.5. The fraction of sp³-hybridized carbons (Fsp3) is 0.396. The van der Waals surface area contributed by atoms with E-state index in [2.05, 4.69) is 10.2 Å². The van der Waals surface area contributed by atoms with E-state index in [0.29, 0.717) is 19.4 Å². The molecule has 0 aliphatic carbocycles. The molecular formula is C53H67Cl3N4O10S2. The lowest BCUT2D eigenvalue weighted by molar-refractivity contribution is 0.185. The van der Waals surface area contributed by atoms with Crippen LogP contribution in [-0.2, 0) is 60.5 Å². The molecule has 6 aromatic rings. The SMILES string of the molecule is C.CC(O)CCc1ccc(COc2cnn(C(C)(C)C)c(=O)c2Cl)cc1.Cc1ccc(S(=O)(=O)Cl)cc1.Cc1ccc(S(=O)(=O)OC(C)CCc2ccc(COc3cnn(C(C)(C)C)c(=O)c3Cl)cc2)cc1. The molecule has 0 spiro atoms. The Bertz CT molecular complexity index is 3030. The van der Waals surface area contributed by atoms with Gasteiger partial charge in [-0.2, -0.15) is 18.6 Å². The molecule has 6 rings (SSSR count). The van der Waals surface area contributed by atoms with Crippen molar-refractivity contribution in [2.45, 2.75) is 149 Å². The van der Waals surface area contributed by atoms with Crippen molar-refractivity contribution in [3.63, 3.8) is 0 Å².